The number of esters is 1. The van der Waals surface area contributed by atoms with Crippen molar-refractivity contribution in [1.29, 1.82) is 0 Å². The molecule has 1 saturated heterocycles. The number of thioether (sulfide) groups is 1. The topological polar surface area (TPSA) is 74.3 Å². The predicted octanol–water partition coefficient (Wildman–Crippen LogP) is 2.87. The first-order valence-electron chi connectivity index (χ1n) is 8.16. The van der Waals surface area contributed by atoms with Crippen LogP contribution in [0, 0.1) is 0 Å². The van der Waals surface area contributed by atoms with E-state index < -0.39 is 0 Å². The Morgan fingerprint density at radius 3 is 2.33 bits per heavy atom. The van der Waals surface area contributed by atoms with Crippen LogP contribution in [0.25, 0.3) is 6.08 Å². The van der Waals surface area contributed by atoms with E-state index in [0.717, 1.165) is 0 Å². The van der Waals surface area contributed by atoms with E-state index in [2.05, 4.69) is 0 Å². The third-order valence-corrected chi connectivity index (χ3v) is 5.08. The Balaban J connectivity index is 2.23. The molecule has 0 spiro atoms. The van der Waals surface area contributed by atoms with Gasteiger partial charge in [0.25, 0.3) is 5.91 Å². The number of hydrogen-bond acceptors (Lipinski definition) is 8. The Kier molecular flexibility index (Phi) is 7.49. The lowest BCUT2D eigenvalue weighted by Gasteiger charge is -2.14. The lowest BCUT2D eigenvalue weighted by Crippen LogP contribution is -2.30. The maximum Gasteiger partial charge on any atom is 0.307 e. The number of carbonyl (C=O) groups is 2. The quantitative estimate of drug-likeness (QED) is 0.367. The monoisotopic (exact) mass is 411 g/mol. The van der Waals surface area contributed by atoms with E-state index in [4.69, 9.17) is 31.2 Å². The molecule has 0 bridgehead atoms. The number of carbonyl (C=O) groups excluding carboxylic acids is 2. The second-order valence-corrected chi connectivity index (χ2v) is 7.02. The van der Waals surface area contributed by atoms with Gasteiger partial charge in [0.05, 0.1) is 39.3 Å². The minimum atomic E-state index is -0.361. The molecule has 2 rings (SSSR count). The Bertz CT molecular complexity index is 752. The Labute approximate surface area is 167 Å². The van der Waals surface area contributed by atoms with Gasteiger partial charge < -0.3 is 18.9 Å². The molecule has 0 unspecified atom stereocenters. The average Bonchev–Trinajstić information content (AvgIpc) is 2.92. The highest BCUT2D eigenvalue weighted by Crippen LogP contribution is 2.40. The van der Waals surface area contributed by atoms with E-state index in [1.807, 2.05) is 0 Å². The lowest BCUT2D eigenvalue weighted by atomic mass is 10.1. The Hall–Kier alpha value is -2.26. The summed E-state index contributed by atoms with van der Waals surface area (Å²) in [6, 6.07) is 3.49. The van der Waals surface area contributed by atoms with Crippen molar-refractivity contribution < 1.29 is 28.5 Å². The van der Waals surface area contributed by atoms with Crippen molar-refractivity contribution in [2.24, 2.45) is 0 Å². The van der Waals surface area contributed by atoms with Gasteiger partial charge in [-0.25, -0.2) is 0 Å². The molecule has 1 aromatic rings. The zero-order valence-corrected chi connectivity index (χ0v) is 17.2. The average molecular weight is 412 g/mol. The van der Waals surface area contributed by atoms with Gasteiger partial charge >= 0.3 is 5.97 Å². The van der Waals surface area contributed by atoms with Gasteiger partial charge in [0.2, 0.25) is 5.75 Å². The van der Waals surface area contributed by atoms with Crippen LogP contribution in [-0.2, 0) is 14.3 Å². The summed E-state index contributed by atoms with van der Waals surface area (Å²) in [5.41, 5.74) is 0.704. The van der Waals surface area contributed by atoms with Crippen molar-refractivity contribution in [3.8, 4) is 17.2 Å². The number of amides is 1. The van der Waals surface area contributed by atoms with Gasteiger partial charge in [-0.3, -0.25) is 14.5 Å². The number of nitrogens with zero attached hydrogens (tertiary/aromatic N) is 1. The van der Waals surface area contributed by atoms with E-state index in [0.29, 0.717) is 38.6 Å². The number of ether oxygens (including phenoxy) is 4. The molecule has 9 heteroatoms. The van der Waals surface area contributed by atoms with Crippen LogP contribution in [0.5, 0.6) is 17.2 Å². The molecule has 0 atom stereocenters. The second kappa shape index (κ2) is 9.61. The van der Waals surface area contributed by atoms with Gasteiger partial charge in [-0.15, -0.1) is 0 Å². The van der Waals surface area contributed by atoms with Crippen LogP contribution >= 0.6 is 24.0 Å². The molecule has 7 nitrogen and oxygen atoms in total. The molecule has 0 saturated carbocycles. The first-order chi connectivity index (χ1) is 12.9. The first-order valence-corrected chi connectivity index (χ1v) is 9.38. The largest absolute Gasteiger partial charge is 0.493 e. The molecule has 27 heavy (non-hydrogen) atoms. The van der Waals surface area contributed by atoms with Gasteiger partial charge in [0, 0.05) is 6.54 Å². The third kappa shape index (κ3) is 4.92. The normalized spacial score (nSPS) is 15.3. The fraction of sp³-hybridized carbons (Fsp3) is 0.389. The smallest absolute Gasteiger partial charge is 0.307 e. The van der Waals surface area contributed by atoms with E-state index in [9.17, 15) is 9.59 Å². The van der Waals surface area contributed by atoms with E-state index in [-0.39, 0.29) is 24.8 Å². The summed E-state index contributed by atoms with van der Waals surface area (Å²) in [6.07, 6.45) is 1.80. The lowest BCUT2D eigenvalue weighted by molar-refractivity contribution is -0.143. The van der Waals surface area contributed by atoms with Crippen molar-refractivity contribution in [3.05, 3.63) is 22.6 Å². The number of methoxy groups -OCH3 is 3. The standard InChI is InChI=1S/C18H21NO6S2/c1-5-25-15(20)6-7-19-17(21)14(27-18(19)26)10-11-8-12(22-2)16(24-4)13(9-11)23-3/h8-10H,5-7H2,1-4H3/b14-10-. The Morgan fingerprint density at radius 2 is 1.81 bits per heavy atom. The second-order valence-electron chi connectivity index (χ2n) is 5.35. The molecular weight excluding hydrogens is 390 g/mol. The molecule has 1 amide bonds. The SMILES string of the molecule is CCOC(=O)CCN1C(=O)/C(=C/c2cc(OC)c(OC)c(OC)c2)SC1=S. The van der Waals surface area contributed by atoms with Gasteiger partial charge in [0.15, 0.2) is 11.5 Å². The minimum absolute atomic E-state index is 0.0950. The zero-order chi connectivity index (χ0) is 20.0. The van der Waals surface area contributed by atoms with Crippen LogP contribution in [0.4, 0.5) is 0 Å². The molecular formula is C18H21NO6S2. The summed E-state index contributed by atoms with van der Waals surface area (Å²) >= 11 is 6.45. The summed E-state index contributed by atoms with van der Waals surface area (Å²) in [5.74, 6) is 0.837. The van der Waals surface area contributed by atoms with Crippen LogP contribution < -0.4 is 14.2 Å². The number of thiocarbonyl (C=S) groups is 1. The summed E-state index contributed by atoms with van der Waals surface area (Å²) < 4.78 is 21.2. The van der Waals surface area contributed by atoms with Crippen LogP contribution in [0.15, 0.2) is 17.0 Å². The highest BCUT2D eigenvalue weighted by molar-refractivity contribution is 8.26. The molecule has 1 aliphatic rings. The summed E-state index contributed by atoms with van der Waals surface area (Å²) in [7, 11) is 4.57. The third-order valence-electron chi connectivity index (χ3n) is 3.70. The number of benzene rings is 1. The van der Waals surface area contributed by atoms with Crippen LogP contribution in [0.3, 0.4) is 0 Å². The van der Waals surface area contributed by atoms with Gasteiger partial charge in [-0.05, 0) is 30.7 Å². The molecule has 0 aliphatic carbocycles. The van der Waals surface area contributed by atoms with Gasteiger partial charge in [-0.2, -0.15) is 0 Å². The molecule has 0 N–H and O–H groups in total. The van der Waals surface area contributed by atoms with Gasteiger partial charge in [0.1, 0.15) is 4.32 Å². The molecule has 1 fully saturated rings. The fourth-order valence-electron chi connectivity index (χ4n) is 2.47. The molecule has 146 valence electrons. The van der Waals surface area contributed by atoms with Crippen LogP contribution in [0.2, 0.25) is 0 Å². The van der Waals surface area contributed by atoms with Crippen LogP contribution in [0.1, 0.15) is 18.9 Å². The molecule has 1 aromatic carbocycles. The summed E-state index contributed by atoms with van der Waals surface area (Å²) in [4.78, 5) is 26.0. The van der Waals surface area contributed by atoms with E-state index >= 15 is 0 Å². The van der Waals surface area contributed by atoms with Crippen molar-refractivity contribution in [2.75, 3.05) is 34.5 Å². The minimum Gasteiger partial charge on any atom is -0.493 e. The maximum atomic E-state index is 12.6. The van der Waals surface area contributed by atoms with Gasteiger partial charge in [-0.1, -0.05) is 24.0 Å². The zero-order valence-electron chi connectivity index (χ0n) is 15.6. The fourth-order valence-corrected chi connectivity index (χ4v) is 3.77. The highest BCUT2D eigenvalue weighted by atomic mass is 32.2. The van der Waals surface area contributed by atoms with Crippen molar-refractivity contribution in [1.82, 2.24) is 4.90 Å². The van der Waals surface area contributed by atoms with Crippen molar-refractivity contribution >= 4 is 46.3 Å². The van der Waals surface area contributed by atoms with Crippen molar-refractivity contribution in [2.45, 2.75) is 13.3 Å². The van der Waals surface area contributed by atoms with Crippen molar-refractivity contribution in [3.63, 3.8) is 0 Å². The molecule has 1 heterocycles. The number of rotatable bonds is 8. The summed E-state index contributed by atoms with van der Waals surface area (Å²) in [6.45, 7) is 2.23. The Morgan fingerprint density at radius 1 is 1.19 bits per heavy atom. The molecule has 0 aromatic heterocycles. The van der Waals surface area contributed by atoms with E-state index in [1.54, 1.807) is 25.1 Å². The predicted molar refractivity (Wildman–Crippen MR) is 107 cm³/mol. The van der Waals surface area contributed by atoms with E-state index in [1.165, 1.54) is 38.0 Å². The summed E-state index contributed by atoms with van der Waals surface area (Å²) in [5, 5.41) is 0. The highest BCUT2D eigenvalue weighted by Gasteiger charge is 2.32. The maximum absolute atomic E-state index is 12.6. The first kappa shape index (κ1) is 21.0. The number of hydrogen-bond donors (Lipinski definition) is 0. The van der Waals surface area contributed by atoms with Crippen LogP contribution in [-0.4, -0.2) is 55.6 Å². The molecule has 0 radical (unpaired) electrons. The molecule has 1 aliphatic heterocycles.